The minimum absolute atomic E-state index is 0.309. The average molecular weight is 194 g/mol. The number of hydrogen-bond donors (Lipinski definition) is 1. The molecule has 14 heavy (non-hydrogen) atoms. The van der Waals surface area contributed by atoms with Crippen LogP contribution < -0.4 is 0 Å². The second-order valence-electron chi connectivity index (χ2n) is 2.94. The molecule has 1 N–H and O–H groups in total. The normalized spacial score (nSPS) is 11.0. The van der Waals surface area contributed by atoms with E-state index in [0.717, 1.165) is 18.8 Å². The third-order valence-corrected chi connectivity index (χ3v) is 1.79. The van der Waals surface area contributed by atoms with E-state index in [-0.39, 0.29) is 5.78 Å². The van der Waals surface area contributed by atoms with E-state index in [2.05, 4.69) is 11.9 Å². The zero-order valence-corrected chi connectivity index (χ0v) is 8.18. The molecule has 0 fully saturated rings. The SMILES string of the molecule is CCCn1ccnc1/C=C/C(=O)CO. The monoisotopic (exact) mass is 194 g/mol. The largest absolute Gasteiger partial charge is 0.388 e. The van der Waals surface area contributed by atoms with Gasteiger partial charge in [-0.05, 0) is 18.6 Å². The van der Waals surface area contributed by atoms with Gasteiger partial charge < -0.3 is 9.67 Å². The van der Waals surface area contributed by atoms with E-state index in [1.54, 1.807) is 12.3 Å². The van der Waals surface area contributed by atoms with Gasteiger partial charge in [0.25, 0.3) is 0 Å². The first kappa shape index (κ1) is 10.7. The first-order valence-electron chi connectivity index (χ1n) is 4.60. The molecule has 4 heteroatoms. The van der Waals surface area contributed by atoms with Gasteiger partial charge in [0, 0.05) is 18.9 Å². The van der Waals surface area contributed by atoms with E-state index in [0.29, 0.717) is 0 Å². The van der Waals surface area contributed by atoms with Crippen LogP contribution in [-0.2, 0) is 11.3 Å². The molecule has 0 unspecified atom stereocenters. The molecule has 0 aliphatic rings. The van der Waals surface area contributed by atoms with Crippen LogP contribution in [0.3, 0.4) is 0 Å². The molecule has 0 atom stereocenters. The fourth-order valence-corrected chi connectivity index (χ4v) is 1.13. The molecule has 0 radical (unpaired) electrons. The van der Waals surface area contributed by atoms with Crippen LogP contribution in [0.2, 0.25) is 0 Å². The van der Waals surface area contributed by atoms with Crippen molar-refractivity contribution >= 4 is 11.9 Å². The summed E-state index contributed by atoms with van der Waals surface area (Å²) in [5, 5.41) is 8.51. The zero-order chi connectivity index (χ0) is 10.4. The molecule has 0 saturated carbocycles. The smallest absolute Gasteiger partial charge is 0.181 e. The fraction of sp³-hybridized carbons (Fsp3) is 0.400. The standard InChI is InChI=1S/C10H14N2O2/c1-2-6-12-7-5-11-10(12)4-3-9(14)8-13/h3-5,7,13H,2,6,8H2,1H3/b4-3+. The molecule has 4 nitrogen and oxygen atoms in total. The predicted molar refractivity (Wildman–Crippen MR) is 53.6 cm³/mol. The highest BCUT2D eigenvalue weighted by atomic mass is 16.3. The maximum Gasteiger partial charge on any atom is 0.181 e. The molecule has 0 aliphatic heterocycles. The van der Waals surface area contributed by atoms with Gasteiger partial charge in [-0.25, -0.2) is 4.98 Å². The van der Waals surface area contributed by atoms with Crippen molar-refractivity contribution in [1.82, 2.24) is 9.55 Å². The Kier molecular flexibility index (Phi) is 4.07. The lowest BCUT2D eigenvalue weighted by molar-refractivity contribution is -0.117. The Hall–Kier alpha value is -1.42. The van der Waals surface area contributed by atoms with Gasteiger partial charge in [0.2, 0.25) is 0 Å². The summed E-state index contributed by atoms with van der Waals surface area (Å²) >= 11 is 0. The minimum atomic E-state index is -0.453. The predicted octanol–water partition coefficient (Wildman–Crippen LogP) is 0.868. The van der Waals surface area contributed by atoms with E-state index in [9.17, 15) is 4.79 Å². The number of rotatable bonds is 5. The van der Waals surface area contributed by atoms with Crippen LogP contribution in [0.15, 0.2) is 18.5 Å². The van der Waals surface area contributed by atoms with Crippen molar-refractivity contribution in [2.45, 2.75) is 19.9 Å². The molecule has 76 valence electrons. The van der Waals surface area contributed by atoms with Gasteiger partial charge in [-0.15, -0.1) is 0 Å². The second-order valence-corrected chi connectivity index (χ2v) is 2.94. The van der Waals surface area contributed by atoms with Crippen molar-refractivity contribution in [3.8, 4) is 0 Å². The molecular formula is C10H14N2O2. The molecule has 0 amide bonds. The van der Waals surface area contributed by atoms with Gasteiger partial charge in [-0.2, -0.15) is 0 Å². The van der Waals surface area contributed by atoms with Crippen molar-refractivity contribution in [3.05, 3.63) is 24.3 Å². The molecule has 1 aromatic heterocycles. The Morgan fingerprint density at radius 3 is 3.14 bits per heavy atom. The fourth-order valence-electron chi connectivity index (χ4n) is 1.13. The first-order valence-corrected chi connectivity index (χ1v) is 4.60. The highest BCUT2D eigenvalue weighted by Gasteiger charge is 1.98. The summed E-state index contributed by atoms with van der Waals surface area (Å²) in [6, 6.07) is 0. The van der Waals surface area contributed by atoms with Crippen LogP contribution in [0.1, 0.15) is 19.2 Å². The second kappa shape index (κ2) is 5.34. The number of carbonyl (C=O) groups excluding carboxylic acids is 1. The van der Waals surface area contributed by atoms with Crippen LogP contribution in [0.5, 0.6) is 0 Å². The van der Waals surface area contributed by atoms with Crippen LogP contribution in [-0.4, -0.2) is 27.0 Å². The average Bonchev–Trinajstić information content (AvgIpc) is 2.62. The number of aromatic nitrogens is 2. The zero-order valence-electron chi connectivity index (χ0n) is 8.18. The summed E-state index contributed by atoms with van der Waals surface area (Å²) in [6.07, 6.45) is 7.54. The number of aryl methyl sites for hydroxylation is 1. The maximum atomic E-state index is 10.8. The van der Waals surface area contributed by atoms with Crippen molar-refractivity contribution in [2.75, 3.05) is 6.61 Å². The number of carbonyl (C=O) groups is 1. The number of ketones is 1. The summed E-state index contributed by atoms with van der Waals surface area (Å²) in [7, 11) is 0. The topological polar surface area (TPSA) is 55.1 Å². The molecular weight excluding hydrogens is 180 g/mol. The highest BCUT2D eigenvalue weighted by Crippen LogP contribution is 2.01. The molecule has 1 heterocycles. The molecule has 0 spiro atoms. The van der Waals surface area contributed by atoms with Crippen molar-refractivity contribution in [3.63, 3.8) is 0 Å². The molecule has 0 aromatic carbocycles. The quantitative estimate of drug-likeness (QED) is 0.707. The van der Waals surface area contributed by atoms with Gasteiger partial charge in [-0.3, -0.25) is 4.79 Å². The molecule has 0 bridgehead atoms. The number of aliphatic hydroxyl groups excluding tert-OH is 1. The van der Waals surface area contributed by atoms with Crippen LogP contribution >= 0.6 is 0 Å². The number of hydrogen-bond acceptors (Lipinski definition) is 3. The van der Waals surface area contributed by atoms with Crippen LogP contribution in [0.25, 0.3) is 6.08 Å². The Bertz CT molecular complexity index is 329. The van der Waals surface area contributed by atoms with E-state index < -0.39 is 6.61 Å². The Labute approximate surface area is 82.9 Å². The number of imidazole rings is 1. The van der Waals surface area contributed by atoms with Gasteiger partial charge in [0.1, 0.15) is 12.4 Å². The van der Waals surface area contributed by atoms with Gasteiger partial charge >= 0.3 is 0 Å². The lowest BCUT2D eigenvalue weighted by Gasteiger charge is -2.00. The number of nitrogens with zero attached hydrogens (tertiary/aromatic N) is 2. The van der Waals surface area contributed by atoms with Gasteiger partial charge in [-0.1, -0.05) is 6.92 Å². The van der Waals surface area contributed by atoms with E-state index in [1.807, 2.05) is 10.8 Å². The summed E-state index contributed by atoms with van der Waals surface area (Å²) in [4.78, 5) is 14.9. The van der Waals surface area contributed by atoms with Gasteiger partial charge in [0.15, 0.2) is 5.78 Å². The first-order chi connectivity index (χ1) is 6.77. The molecule has 1 rings (SSSR count). The van der Waals surface area contributed by atoms with E-state index >= 15 is 0 Å². The van der Waals surface area contributed by atoms with Crippen molar-refractivity contribution < 1.29 is 9.90 Å². The third-order valence-electron chi connectivity index (χ3n) is 1.79. The summed E-state index contributed by atoms with van der Waals surface area (Å²) in [5.41, 5.74) is 0. The minimum Gasteiger partial charge on any atom is -0.388 e. The summed E-state index contributed by atoms with van der Waals surface area (Å²) < 4.78 is 1.96. The highest BCUT2D eigenvalue weighted by molar-refractivity contribution is 5.93. The Morgan fingerprint density at radius 1 is 1.71 bits per heavy atom. The summed E-state index contributed by atoms with van der Waals surface area (Å²) in [6.45, 7) is 2.50. The van der Waals surface area contributed by atoms with Crippen LogP contribution in [0, 0.1) is 0 Å². The molecule has 1 aromatic rings. The molecule has 0 aliphatic carbocycles. The Morgan fingerprint density at radius 2 is 2.50 bits per heavy atom. The summed E-state index contributed by atoms with van der Waals surface area (Å²) in [5.74, 6) is 0.435. The van der Waals surface area contributed by atoms with Crippen molar-refractivity contribution in [2.24, 2.45) is 0 Å². The van der Waals surface area contributed by atoms with E-state index in [1.165, 1.54) is 6.08 Å². The van der Waals surface area contributed by atoms with Crippen molar-refractivity contribution in [1.29, 1.82) is 0 Å². The van der Waals surface area contributed by atoms with Gasteiger partial charge in [0.05, 0.1) is 0 Å². The van der Waals surface area contributed by atoms with Crippen LogP contribution in [0.4, 0.5) is 0 Å². The molecule has 0 saturated heterocycles. The van der Waals surface area contributed by atoms with E-state index in [4.69, 9.17) is 5.11 Å². The third kappa shape index (κ3) is 2.81. The maximum absolute atomic E-state index is 10.8. The number of aliphatic hydroxyl groups is 1. The lowest BCUT2D eigenvalue weighted by Crippen LogP contribution is -2.00. The lowest BCUT2D eigenvalue weighted by atomic mass is 10.3. The Balaban J connectivity index is 2.70.